The largest absolute Gasteiger partial charge is 0.573 e. The van der Waals surface area contributed by atoms with E-state index in [-0.39, 0.29) is 34.9 Å². The Hall–Kier alpha value is -3.88. The van der Waals surface area contributed by atoms with Crippen molar-refractivity contribution in [3.8, 4) is 11.5 Å². The zero-order chi connectivity index (χ0) is 32.9. The molecule has 0 aliphatic carbocycles. The number of sulfonamides is 1. The van der Waals surface area contributed by atoms with E-state index in [9.17, 15) is 31.2 Å². The average Bonchev–Trinajstić information content (AvgIpc) is 3.47. The van der Waals surface area contributed by atoms with Crippen LogP contribution in [0.1, 0.15) is 17.5 Å². The number of benzene rings is 3. The van der Waals surface area contributed by atoms with E-state index in [2.05, 4.69) is 4.74 Å². The van der Waals surface area contributed by atoms with E-state index in [1.54, 1.807) is 30.3 Å². The molecule has 2 heterocycles. The number of hydrogen-bond acceptors (Lipinski definition) is 7. The van der Waals surface area contributed by atoms with Gasteiger partial charge in [-0.1, -0.05) is 41.9 Å². The van der Waals surface area contributed by atoms with Crippen molar-refractivity contribution in [2.45, 2.75) is 41.9 Å². The zero-order valence-electron chi connectivity index (χ0n) is 24.2. The minimum Gasteiger partial charge on any atom is -0.497 e. The lowest BCUT2D eigenvalue weighted by Crippen LogP contribution is -2.59. The molecule has 2 aliphatic rings. The number of likely N-dealkylation sites (N-methyl/N-ethyl adjacent to an activating group) is 1. The Morgan fingerprint density at radius 2 is 1.78 bits per heavy atom. The highest BCUT2D eigenvalue weighted by Crippen LogP contribution is 2.52. The van der Waals surface area contributed by atoms with Crippen LogP contribution in [0.3, 0.4) is 0 Å². The lowest BCUT2D eigenvalue weighted by Gasteiger charge is -2.41. The van der Waals surface area contributed by atoms with Crippen LogP contribution in [0.5, 0.6) is 11.5 Å². The van der Waals surface area contributed by atoms with Crippen molar-refractivity contribution in [3.05, 3.63) is 82.9 Å². The van der Waals surface area contributed by atoms with Gasteiger partial charge in [-0.2, -0.15) is 0 Å². The summed E-state index contributed by atoms with van der Waals surface area (Å²) in [5.74, 6) is -2.90. The summed E-state index contributed by atoms with van der Waals surface area (Å²) < 4.78 is 93.7. The summed E-state index contributed by atoms with van der Waals surface area (Å²) in [4.78, 5) is 29.9. The molecule has 1 saturated heterocycles. The maximum Gasteiger partial charge on any atom is 0.573 e. The van der Waals surface area contributed by atoms with Gasteiger partial charge in [0.25, 0.3) is 15.9 Å². The maximum absolute atomic E-state index is 15.3. The molecule has 3 aromatic rings. The van der Waals surface area contributed by atoms with Crippen molar-refractivity contribution in [2.75, 3.05) is 32.1 Å². The maximum atomic E-state index is 15.3. The molecule has 9 nitrogen and oxygen atoms in total. The topological polar surface area (TPSA) is 96.5 Å². The molecular weight excluding hydrogens is 642 g/mol. The van der Waals surface area contributed by atoms with Gasteiger partial charge in [0.15, 0.2) is 5.75 Å². The van der Waals surface area contributed by atoms with Crippen molar-refractivity contribution in [1.29, 1.82) is 0 Å². The van der Waals surface area contributed by atoms with E-state index < -0.39 is 63.1 Å². The molecule has 0 aromatic heterocycles. The van der Waals surface area contributed by atoms with Crippen molar-refractivity contribution in [1.82, 2.24) is 9.80 Å². The second-order valence-electron chi connectivity index (χ2n) is 10.9. The number of halogens is 5. The number of hydrogen-bond donors (Lipinski definition) is 0. The Morgan fingerprint density at radius 1 is 1.09 bits per heavy atom. The van der Waals surface area contributed by atoms with Crippen molar-refractivity contribution < 1.29 is 45.0 Å². The predicted octanol–water partition coefficient (Wildman–Crippen LogP) is 4.92. The predicted molar refractivity (Wildman–Crippen MR) is 156 cm³/mol. The molecule has 3 aromatic carbocycles. The highest BCUT2D eigenvalue weighted by Gasteiger charge is 2.62. The minimum absolute atomic E-state index is 0.0462. The molecule has 2 amide bonds. The Kier molecular flexibility index (Phi) is 8.53. The number of ether oxygens (including phenoxy) is 2. The molecule has 0 radical (unpaired) electrons. The van der Waals surface area contributed by atoms with E-state index in [0.717, 1.165) is 18.2 Å². The molecule has 0 bridgehead atoms. The van der Waals surface area contributed by atoms with Gasteiger partial charge in [-0.15, -0.1) is 13.2 Å². The molecule has 2 aliphatic heterocycles. The Bertz CT molecular complexity index is 1740. The summed E-state index contributed by atoms with van der Waals surface area (Å²) in [7, 11) is -1.05. The van der Waals surface area contributed by atoms with Gasteiger partial charge >= 0.3 is 6.36 Å². The Labute approximate surface area is 261 Å². The van der Waals surface area contributed by atoms with Crippen molar-refractivity contribution >= 4 is 39.1 Å². The van der Waals surface area contributed by atoms with E-state index in [0.29, 0.717) is 9.87 Å². The van der Waals surface area contributed by atoms with E-state index in [1.807, 2.05) is 0 Å². The molecule has 5 rings (SSSR count). The molecule has 45 heavy (non-hydrogen) atoms. The highest BCUT2D eigenvalue weighted by atomic mass is 35.5. The monoisotopic (exact) mass is 669 g/mol. The first kappa shape index (κ1) is 32.5. The number of carbonyl (C=O) groups is 2. The van der Waals surface area contributed by atoms with Crippen molar-refractivity contribution in [2.24, 2.45) is 0 Å². The number of fused-ring (bicyclic) bond motifs is 1. The second kappa shape index (κ2) is 11.8. The number of likely N-dealkylation sites (tertiary alicyclic amines) is 1. The lowest BCUT2D eigenvalue weighted by molar-refractivity contribution is -0.275. The fourth-order valence-electron chi connectivity index (χ4n) is 5.96. The van der Waals surface area contributed by atoms with E-state index in [4.69, 9.17) is 16.3 Å². The molecule has 0 saturated carbocycles. The van der Waals surface area contributed by atoms with Gasteiger partial charge in [0.05, 0.1) is 18.8 Å². The number of anilines is 1. The van der Waals surface area contributed by atoms with Gasteiger partial charge in [0.1, 0.15) is 22.4 Å². The van der Waals surface area contributed by atoms with Crippen LogP contribution in [0.2, 0.25) is 5.02 Å². The van der Waals surface area contributed by atoms with Crippen LogP contribution in [0.25, 0.3) is 0 Å². The molecule has 15 heteroatoms. The van der Waals surface area contributed by atoms with E-state index in [1.165, 1.54) is 49.2 Å². The van der Waals surface area contributed by atoms with Gasteiger partial charge in [0, 0.05) is 50.1 Å². The molecular formula is C30H28ClF4N3O6S. The smallest absolute Gasteiger partial charge is 0.497 e. The van der Waals surface area contributed by atoms with Crippen LogP contribution in [0.4, 0.5) is 23.2 Å². The van der Waals surface area contributed by atoms with Gasteiger partial charge in [-0.25, -0.2) is 17.1 Å². The van der Waals surface area contributed by atoms with E-state index >= 15 is 4.39 Å². The first-order valence-corrected chi connectivity index (χ1v) is 15.4. The fraction of sp³-hybridized carbons (Fsp3) is 0.333. The van der Waals surface area contributed by atoms with Crippen LogP contribution in [-0.4, -0.2) is 76.4 Å². The molecule has 0 N–H and O–H groups in total. The number of carbonyl (C=O) groups excluding carboxylic acids is 2. The first-order chi connectivity index (χ1) is 21.1. The first-order valence-electron chi connectivity index (χ1n) is 13.6. The normalized spacial score (nSPS) is 22.0. The lowest BCUT2D eigenvalue weighted by atomic mass is 9.82. The van der Waals surface area contributed by atoms with Crippen LogP contribution >= 0.6 is 11.6 Å². The Balaban J connectivity index is 1.78. The third-order valence-electron chi connectivity index (χ3n) is 7.83. The number of methoxy groups -OCH3 is 1. The van der Waals surface area contributed by atoms with Crippen LogP contribution in [-0.2, 0) is 31.6 Å². The standard InChI is InChI=1S/C30H28ClF4N3O6S/c1-36(2)27(39)24-14-20(32)17-37(24)29(16-18-7-5-4-6-8-18)22-13-19(31)9-11-23(22)38(28(29)40)45(41,42)26-12-10-21(43-3)15-25(26)44-30(33,34)35/h4-13,15,20,24H,14,16-17H2,1-3H3/t20-,24+,29?/m1/s1. The SMILES string of the molecule is COc1ccc(S(=O)(=O)N2C(=O)C(Cc3ccccc3)(N3C[C@H](F)C[C@H]3C(=O)N(C)C)c3cc(Cl)ccc32)c(OC(F)(F)F)c1. The molecule has 240 valence electrons. The summed E-state index contributed by atoms with van der Waals surface area (Å²) in [6, 6.07) is 13.9. The van der Waals surface area contributed by atoms with Gasteiger partial charge in [0.2, 0.25) is 5.91 Å². The van der Waals surface area contributed by atoms with Crippen molar-refractivity contribution in [3.63, 3.8) is 0 Å². The van der Waals surface area contributed by atoms with Crippen LogP contribution in [0, 0.1) is 0 Å². The molecule has 0 spiro atoms. The second-order valence-corrected chi connectivity index (χ2v) is 13.0. The van der Waals surface area contributed by atoms with Crippen LogP contribution < -0.4 is 13.8 Å². The zero-order valence-corrected chi connectivity index (χ0v) is 25.8. The summed E-state index contributed by atoms with van der Waals surface area (Å²) in [5, 5.41) is 0.107. The summed E-state index contributed by atoms with van der Waals surface area (Å²) >= 11 is 6.39. The fourth-order valence-corrected chi connectivity index (χ4v) is 7.71. The number of rotatable bonds is 8. The Morgan fingerprint density at radius 3 is 2.40 bits per heavy atom. The summed E-state index contributed by atoms with van der Waals surface area (Å²) in [6.45, 7) is -0.409. The third-order valence-corrected chi connectivity index (χ3v) is 9.80. The molecule has 1 fully saturated rings. The molecule has 3 atom stereocenters. The summed E-state index contributed by atoms with van der Waals surface area (Å²) in [6.07, 6.45) is -7.34. The number of nitrogens with zero attached hydrogens (tertiary/aromatic N) is 3. The summed E-state index contributed by atoms with van der Waals surface area (Å²) in [5.41, 5.74) is -1.64. The minimum atomic E-state index is -5.29. The number of amides is 2. The average molecular weight is 670 g/mol. The van der Waals surface area contributed by atoms with Crippen LogP contribution in [0.15, 0.2) is 71.6 Å². The molecule has 1 unspecified atom stereocenters. The van der Waals surface area contributed by atoms with Gasteiger partial charge in [-0.3, -0.25) is 14.5 Å². The van der Waals surface area contributed by atoms with Gasteiger partial charge in [-0.05, 0) is 35.9 Å². The highest BCUT2D eigenvalue weighted by molar-refractivity contribution is 7.93. The third kappa shape index (κ3) is 5.82. The van der Waals surface area contributed by atoms with Gasteiger partial charge < -0.3 is 14.4 Å². The number of alkyl halides is 4. The quantitative estimate of drug-likeness (QED) is 0.314.